The fraction of sp³-hybridized carbons (Fsp3) is 0.375. The number of nitrogens with one attached hydrogen (secondary N) is 1. The van der Waals surface area contributed by atoms with E-state index in [0.717, 1.165) is 0 Å². The first-order valence-electron chi connectivity index (χ1n) is 10.5. The van der Waals surface area contributed by atoms with E-state index in [1.807, 2.05) is 24.3 Å². The lowest BCUT2D eigenvalue weighted by molar-refractivity contribution is -0.144. The van der Waals surface area contributed by atoms with Crippen molar-refractivity contribution in [2.24, 2.45) is 0 Å². The Balaban J connectivity index is 1.60. The van der Waals surface area contributed by atoms with E-state index in [1.165, 1.54) is 24.7 Å². The number of likely N-dealkylation sites (tertiary alicyclic amines) is 1. The van der Waals surface area contributed by atoms with Crippen LogP contribution in [-0.4, -0.2) is 42.9 Å². The molecule has 4 rings (SSSR count). The maximum atomic E-state index is 13.1. The highest BCUT2D eigenvalue weighted by Gasteiger charge is 2.47. The van der Waals surface area contributed by atoms with Crippen molar-refractivity contribution >= 4 is 23.5 Å². The highest BCUT2D eigenvalue weighted by molar-refractivity contribution is 6.01. The van der Waals surface area contributed by atoms with E-state index in [1.54, 1.807) is 12.1 Å². The number of carbonyl (C=O) groups is 3. The zero-order chi connectivity index (χ0) is 23.0. The van der Waals surface area contributed by atoms with Gasteiger partial charge in [-0.2, -0.15) is 0 Å². The Bertz CT molecular complexity index is 1060. The molecule has 32 heavy (non-hydrogen) atoms. The van der Waals surface area contributed by atoms with Crippen LogP contribution in [0.5, 0.6) is 11.5 Å². The summed E-state index contributed by atoms with van der Waals surface area (Å²) in [4.78, 5) is 39.8. The van der Waals surface area contributed by atoms with Crippen LogP contribution in [0.4, 0.5) is 5.69 Å². The topological polar surface area (TPSA) is 94.2 Å². The summed E-state index contributed by atoms with van der Waals surface area (Å²) in [6.45, 7) is 4.20. The fourth-order valence-corrected chi connectivity index (χ4v) is 4.22. The molecule has 8 nitrogen and oxygen atoms in total. The number of cyclic esters (lactones) is 1. The molecule has 2 aromatic rings. The number of hydrogen-bond donors (Lipinski definition) is 1. The Kier molecular flexibility index (Phi) is 5.78. The zero-order valence-electron chi connectivity index (χ0n) is 18.5. The third kappa shape index (κ3) is 3.66. The number of ether oxygens (including phenoxy) is 3. The van der Waals surface area contributed by atoms with Crippen LogP contribution in [0.2, 0.25) is 0 Å². The molecule has 0 unspecified atom stereocenters. The second-order valence-corrected chi connectivity index (χ2v) is 8.14. The minimum Gasteiger partial charge on any atom is -0.493 e. The molecule has 2 heterocycles. The summed E-state index contributed by atoms with van der Waals surface area (Å²) >= 11 is 0. The lowest BCUT2D eigenvalue weighted by atomic mass is 10.0. The SMILES string of the molecule is COc1ccc2c(c1OC)C(=O)O[C@@H]2N1C(=O)CC[C@@H]1C(=O)Nc1ccc(C(C)C)cc1. The third-order valence-corrected chi connectivity index (χ3v) is 5.92. The molecule has 1 N–H and O–H groups in total. The molecule has 2 aliphatic rings. The Hall–Kier alpha value is -3.55. The van der Waals surface area contributed by atoms with Crippen molar-refractivity contribution in [1.29, 1.82) is 0 Å². The molecule has 8 heteroatoms. The van der Waals surface area contributed by atoms with Gasteiger partial charge in [0.1, 0.15) is 11.6 Å². The molecule has 0 saturated carbocycles. The van der Waals surface area contributed by atoms with Crippen molar-refractivity contribution < 1.29 is 28.6 Å². The Morgan fingerprint density at radius 2 is 1.81 bits per heavy atom. The van der Waals surface area contributed by atoms with Gasteiger partial charge in [-0.1, -0.05) is 26.0 Å². The van der Waals surface area contributed by atoms with Gasteiger partial charge in [0.15, 0.2) is 11.5 Å². The third-order valence-electron chi connectivity index (χ3n) is 5.92. The van der Waals surface area contributed by atoms with Crippen LogP contribution in [0.1, 0.15) is 60.3 Å². The molecule has 2 aliphatic heterocycles. The Morgan fingerprint density at radius 3 is 2.44 bits per heavy atom. The Labute approximate surface area is 186 Å². The van der Waals surface area contributed by atoms with Crippen LogP contribution >= 0.6 is 0 Å². The average Bonchev–Trinajstić information content (AvgIpc) is 3.32. The van der Waals surface area contributed by atoms with Crippen molar-refractivity contribution in [3.05, 3.63) is 53.1 Å². The average molecular weight is 438 g/mol. The van der Waals surface area contributed by atoms with Crippen molar-refractivity contribution in [2.75, 3.05) is 19.5 Å². The second kappa shape index (κ2) is 8.53. The first kappa shape index (κ1) is 21.7. The molecule has 2 aromatic carbocycles. The molecular formula is C24H26N2O6. The van der Waals surface area contributed by atoms with Gasteiger partial charge in [0.2, 0.25) is 18.0 Å². The molecule has 0 spiro atoms. The largest absolute Gasteiger partial charge is 0.493 e. The van der Waals surface area contributed by atoms with E-state index < -0.39 is 18.2 Å². The van der Waals surface area contributed by atoms with Gasteiger partial charge in [0.05, 0.1) is 14.2 Å². The number of carbonyl (C=O) groups excluding carboxylic acids is 3. The van der Waals surface area contributed by atoms with Gasteiger partial charge in [0, 0.05) is 17.7 Å². The summed E-state index contributed by atoms with van der Waals surface area (Å²) in [5, 5.41) is 2.88. The predicted octanol–water partition coefficient (Wildman–Crippen LogP) is 3.63. The molecule has 0 bridgehead atoms. The summed E-state index contributed by atoms with van der Waals surface area (Å²) in [6.07, 6.45) is -0.460. The van der Waals surface area contributed by atoms with Crippen molar-refractivity contribution in [3.63, 3.8) is 0 Å². The number of amides is 2. The monoisotopic (exact) mass is 438 g/mol. The lowest BCUT2D eigenvalue weighted by Crippen LogP contribution is -2.43. The van der Waals surface area contributed by atoms with Crippen LogP contribution in [0, 0.1) is 0 Å². The van der Waals surface area contributed by atoms with Crippen LogP contribution in [0.3, 0.4) is 0 Å². The highest BCUT2D eigenvalue weighted by atomic mass is 16.6. The van der Waals surface area contributed by atoms with Crippen molar-refractivity contribution in [1.82, 2.24) is 4.90 Å². The minimum absolute atomic E-state index is 0.195. The van der Waals surface area contributed by atoms with E-state index in [-0.39, 0.29) is 29.5 Å². The fourth-order valence-electron chi connectivity index (χ4n) is 4.22. The Morgan fingerprint density at radius 1 is 1.09 bits per heavy atom. The van der Waals surface area contributed by atoms with E-state index in [2.05, 4.69) is 19.2 Å². The number of anilines is 1. The van der Waals surface area contributed by atoms with E-state index >= 15 is 0 Å². The van der Waals surface area contributed by atoms with Gasteiger partial charge in [-0.3, -0.25) is 14.5 Å². The molecule has 1 fully saturated rings. The van der Waals surface area contributed by atoms with Crippen molar-refractivity contribution in [2.45, 2.75) is 44.9 Å². The normalized spacial score (nSPS) is 19.7. The summed E-state index contributed by atoms with van der Waals surface area (Å²) in [5.74, 6) is -0.177. The van der Waals surface area contributed by atoms with Crippen molar-refractivity contribution in [3.8, 4) is 11.5 Å². The number of esters is 1. The van der Waals surface area contributed by atoms with Gasteiger partial charge < -0.3 is 19.5 Å². The zero-order valence-corrected chi connectivity index (χ0v) is 18.5. The highest BCUT2D eigenvalue weighted by Crippen LogP contribution is 2.45. The van der Waals surface area contributed by atoms with Gasteiger partial charge in [-0.25, -0.2) is 4.79 Å². The van der Waals surface area contributed by atoms with Crippen LogP contribution < -0.4 is 14.8 Å². The summed E-state index contributed by atoms with van der Waals surface area (Å²) in [6, 6.07) is 10.2. The molecule has 0 aliphatic carbocycles. The van der Waals surface area contributed by atoms with E-state index in [4.69, 9.17) is 14.2 Å². The maximum absolute atomic E-state index is 13.1. The predicted molar refractivity (Wildman–Crippen MR) is 117 cm³/mol. The van der Waals surface area contributed by atoms with Crippen LogP contribution in [0.15, 0.2) is 36.4 Å². The molecule has 0 aromatic heterocycles. The first-order chi connectivity index (χ1) is 15.3. The molecule has 0 radical (unpaired) electrons. The summed E-state index contributed by atoms with van der Waals surface area (Å²) in [5.41, 5.74) is 2.50. The van der Waals surface area contributed by atoms with Crippen LogP contribution in [-0.2, 0) is 14.3 Å². The minimum atomic E-state index is -0.994. The number of benzene rings is 2. The standard InChI is InChI=1S/C24H26N2O6/c1-13(2)14-5-7-15(8-6-14)25-22(28)17-10-12-19(27)26(17)23-16-9-11-18(30-3)21(31-4)20(16)24(29)32-23/h5-9,11,13,17,23H,10,12H2,1-4H3,(H,25,28)/t17-,23+/m1/s1. The summed E-state index contributed by atoms with van der Waals surface area (Å²) < 4.78 is 16.2. The second-order valence-electron chi connectivity index (χ2n) is 8.14. The first-order valence-corrected chi connectivity index (χ1v) is 10.5. The van der Waals surface area contributed by atoms with Crippen LogP contribution in [0.25, 0.3) is 0 Å². The van der Waals surface area contributed by atoms with Gasteiger partial charge in [-0.15, -0.1) is 0 Å². The van der Waals surface area contributed by atoms with Gasteiger partial charge in [-0.05, 0) is 42.2 Å². The van der Waals surface area contributed by atoms with Gasteiger partial charge >= 0.3 is 5.97 Å². The number of fused-ring (bicyclic) bond motifs is 1. The quantitative estimate of drug-likeness (QED) is 0.693. The summed E-state index contributed by atoms with van der Waals surface area (Å²) in [7, 11) is 2.90. The van der Waals surface area contributed by atoms with Gasteiger partial charge in [0.25, 0.3) is 0 Å². The number of nitrogens with zero attached hydrogens (tertiary/aromatic N) is 1. The smallest absolute Gasteiger partial charge is 0.344 e. The number of hydrogen-bond acceptors (Lipinski definition) is 6. The number of rotatable bonds is 6. The number of methoxy groups -OCH3 is 2. The lowest BCUT2D eigenvalue weighted by Gasteiger charge is -2.29. The maximum Gasteiger partial charge on any atom is 0.344 e. The molecule has 2 atom stereocenters. The molecular weight excluding hydrogens is 412 g/mol. The molecule has 2 amide bonds. The van der Waals surface area contributed by atoms with E-state index in [0.29, 0.717) is 29.3 Å². The molecule has 168 valence electrons. The van der Waals surface area contributed by atoms with E-state index in [9.17, 15) is 14.4 Å². The molecule has 1 saturated heterocycles.